The smallest absolute Gasteiger partial charge is 0.305 e. The maximum absolute atomic E-state index is 11.5. The van der Waals surface area contributed by atoms with Gasteiger partial charge in [-0.3, -0.25) is 9.59 Å². The first-order chi connectivity index (χ1) is 7.50. The molecule has 0 radical (unpaired) electrons. The number of nitrogen functional groups attached to an aromatic ring is 1. The molecule has 1 amide bonds. The molecular weight excluding hydrogens is 232 g/mol. The summed E-state index contributed by atoms with van der Waals surface area (Å²) in [6.07, 6.45) is -0.127. The van der Waals surface area contributed by atoms with E-state index >= 15 is 0 Å². The lowest BCUT2D eigenvalue weighted by Gasteiger charge is -2.05. The highest BCUT2D eigenvalue weighted by Crippen LogP contribution is 2.18. The second-order valence-corrected chi connectivity index (χ2v) is 3.55. The van der Waals surface area contributed by atoms with Crippen molar-refractivity contribution in [3.63, 3.8) is 0 Å². The number of nitrogens with two attached hydrogens (primary N) is 1. The van der Waals surface area contributed by atoms with Crippen LogP contribution in [0, 0.1) is 0 Å². The normalized spacial score (nSPS) is 9.81. The lowest BCUT2D eigenvalue weighted by Crippen LogP contribution is -2.26. The van der Waals surface area contributed by atoms with Crippen LogP contribution in [0.5, 0.6) is 0 Å². The lowest BCUT2D eigenvalue weighted by molar-refractivity contribution is -0.136. The van der Waals surface area contributed by atoms with Gasteiger partial charge >= 0.3 is 5.97 Å². The van der Waals surface area contributed by atoms with E-state index in [0.29, 0.717) is 5.69 Å². The van der Waals surface area contributed by atoms with E-state index in [9.17, 15) is 9.59 Å². The van der Waals surface area contributed by atoms with Crippen LogP contribution in [0.15, 0.2) is 18.2 Å². The Balaban J connectivity index is 2.63. The predicted octanol–water partition coefficient (Wildman–Crippen LogP) is 1.13. The van der Waals surface area contributed by atoms with Gasteiger partial charge in [0.2, 0.25) is 0 Å². The Morgan fingerprint density at radius 3 is 2.69 bits per heavy atom. The van der Waals surface area contributed by atoms with E-state index in [-0.39, 0.29) is 23.6 Å². The number of hydrogen-bond donors (Lipinski definition) is 3. The van der Waals surface area contributed by atoms with Crippen molar-refractivity contribution in [3.8, 4) is 0 Å². The van der Waals surface area contributed by atoms with Gasteiger partial charge in [-0.15, -0.1) is 0 Å². The van der Waals surface area contributed by atoms with Crippen LogP contribution in [0.25, 0.3) is 0 Å². The highest BCUT2D eigenvalue weighted by molar-refractivity contribution is 6.34. The van der Waals surface area contributed by atoms with Crippen molar-refractivity contribution in [1.82, 2.24) is 5.32 Å². The van der Waals surface area contributed by atoms with E-state index in [0.717, 1.165) is 0 Å². The summed E-state index contributed by atoms with van der Waals surface area (Å²) in [5.74, 6) is -1.38. The van der Waals surface area contributed by atoms with Gasteiger partial charge in [0.25, 0.3) is 5.91 Å². The largest absolute Gasteiger partial charge is 0.481 e. The summed E-state index contributed by atoms with van der Waals surface area (Å²) in [5.41, 5.74) is 6.22. The van der Waals surface area contributed by atoms with Gasteiger partial charge in [-0.05, 0) is 18.2 Å². The van der Waals surface area contributed by atoms with Crippen molar-refractivity contribution in [2.45, 2.75) is 6.42 Å². The third kappa shape index (κ3) is 3.43. The van der Waals surface area contributed by atoms with E-state index in [1.54, 1.807) is 6.07 Å². The number of hydrogen-bond acceptors (Lipinski definition) is 3. The molecule has 1 aromatic carbocycles. The van der Waals surface area contributed by atoms with E-state index in [4.69, 9.17) is 22.4 Å². The molecule has 4 N–H and O–H groups in total. The van der Waals surface area contributed by atoms with E-state index in [2.05, 4.69) is 5.32 Å². The van der Waals surface area contributed by atoms with Gasteiger partial charge in [0.1, 0.15) is 0 Å². The quantitative estimate of drug-likeness (QED) is 0.690. The maximum atomic E-state index is 11.5. The average molecular weight is 243 g/mol. The number of carbonyl (C=O) groups is 2. The first-order valence-corrected chi connectivity index (χ1v) is 4.93. The summed E-state index contributed by atoms with van der Waals surface area (Å²) >= 11 is 5.81. The number of anilines is 1. The third-order valence-electron chi connectivity index (χ3n) is 1.86. The highest BCUT2D eigenvalue weighted by atomic mass is 35.5. The molecule has 0 atom stereocenters. The Morgan fingerprint density at radius 1 is 1.44 bits per heavy atom. The molecule has 0 unspecified atom stereocenters. The van der Waals surface area contributed by atoms with Crippen LogP contribution < -0.4 is 11.1 Å². The molecule has 0 spiro atoms. The second-order valence-electron chi connectivity index (χ2n) is 3.14. The number of rotatable bonds is 4. The van der Waals surface area contributed by atoms with Crippen molar-refractivity contribution < 1.29 is 14.7 Å². The van der Waals surface area contributed by atoms with Crippen LogP contribution >= 0.6 is 11.6 Å². The molecule has 1 rings (SSSR count). The summed E-state index contributed by atoms with van der Waals surface area (Å²) in [7, 11) is 0. The molecule has 0 aliphatic heterocycles. The summed E-state index contributed by atoms with van der Waals surface area (Å²) in [6.45, 7) is 0.0644. The summed E-state index contributed by atoms with van der Waals surface area (Å²) in [5, 5.41) is 11.1. The van der Waals surface area contributed by atoms with Crippen LogP contribution in [0.2, 0.25) is 5.02 Å². The Hall–Kier alpha value is -1.75. The maximum Gasteiger partial charge on any atom is 0.305 e. The zero-order valence-corrected chi connectivity index (χ0v) is 9.12. The fraction of sp³-hybridized carbons (Fsp3) is 0.200. The second kappa shape index (κ2) is 5.37. The van der Waals surface area contributed by atoms with Crippen molar-refractivity contribution in [2.75, 3.05) is 12.3 Å². The topological polar surface area (TPSA) is 92.4 Å². The van der Waals surface area contributed by atoms with Crippen LogP contribution in [-0.4, -0.2) is 23.5 Å². The van der Waals surface area contributed by atoms with Crippen molar-refractivity contribution in [1.29, 1.82) is 0 Å². The van der Waals surface area contributed by atoms with Gasteiger partial charge in [-0.1, -0.05) is 11.6 Å². The molecule has 5 nitrogen and oxygen atoms in total. The minimum atomic E-state index is -0.969. The number of benzene rings is 1. The number of carboxylic acid groups (broad SMARTS) is 1. The Morgan fingerprint density at radius 2 is 2.12 bits per heavy atom. The van der Waals surface area contributed by atoms with Gasteiger partial charge in [0.05, 0.1) is 17.0 Å². The molecule has 0 bridgehead atoms. The van der Waals surface area contributed by atoms with Gasteiger partial charge in [0, 0.05) is 12.2 Å². The van der Waals surface area contributed by atoms with E-state index in [1.165, 1.54) is 12.1 Å². The molecule has 0 saturated heterocycles. The molecule has 0 heterocycles. The first-order valence-electron chi connectivity index (χ1n) is 4.55. The van der Waals surface area contributed by atoms with Crippen molar-refractivity contribution >= 4 is 29.2 Å². The first kappa shape index (κ1) is 12.3. The lowest BCUT2D eigenvalue weighted by atomic mass is 10.2. The van der Waals surface area contributed by atoms with Gasteiger partial charge in [0.15, 0.2) is 0 Å². The SMILES string of the molecule is Nc1ccc(C(=O)NCCC(=O)O)c(Cl)c1. The Bertz CT molecular complexity index is 421. The number of carboxylic acids is 1. The number of aliphatic carboxylic acids is 1. The molecule has 0 saturated carbocycles. The highest BCUT2D eigenvalue weighted by Gasteiger charge is 2.10. The molecule has 0 aliphatic rings. The molecule has 1 aromatic rings. The third-order valence-corrected chi connectivity index (χ3v) is 2.17. The van der Waals surface area contributed by atoms with Crippen LogP contribution in [0.1, 0.15) is 16.8 Å². The predicted molar refractivity (Wildman–Crippen MR) is 60.5 cm³/mol. The zero-order valence-electron chi connectivity index (χ0n) is 8.37. The average Bonchev–Trinajstić information content (AvgIpc) is 2.16. The van der Waals surface area contributed by atoms with Gasteiger partial charge in [-0.25, -0.2) is 0 Å². The molecule has 0 fully saturated rings. The summed E-state index contributed by atoms with van der Waals surface area (Å²) in [6, 6.07) is 4.51. The number of nitrogens with one attached hydrogen (secondary N) is 1. The number of carbonyl (C=O) groups excluding carboxylic acids is 1. The molecule has 6 heteroatoms. The fourth-order valence-electron chi connectivity index (χ4n) is 1.09. The zero-order chi connectivity index (χ0) is 12.1. The van der Waals surface area contributed by atoms with Gasteiger partial charge < -0.3 is 16.2 Å². The van der Waals surface area contributed by atoms with Crippen LogP contribution in [-0.2, 0) is 4.79 Å². The van der Waals surface area contributed by atoms with E-state index < -0.39 is 11.9 Å². The standard InChI is InChI=1S/C10H11ClN2O3/c11-8-5-6(12)1-2-7(8)10(16)13-4-3-9(14)15/h1-2,5H,3-4,12H2,(H,13,16)(H,14,15). The molecule has 0 aromatic heterocycles. The molecular formula is C10H11ClN2O3. The molecule has 16 heavy (non-hydrogen) atoms. The van der Waals surface area contributed by atoms with Crippen LogP contribution in [0.3, 0.4) is 0 Å². The summed E-state index contributed by atoms with van der Waals surface area (Å²) in [4.78, 5) is 21.8. The molecule has 0 aliphatic carbocycles. The van der Waals surface area contributed by atoms with Crippen molar-refractivity contribution in [2.24, 2.45) is 0 Å². The van der Waals surface area contributed by atoms with Crippen LogP contribution in [0.4, 0.5) is 5.69 Å². The number of halogens is 1. The van der Waals surface area contributed by atoms with E-state index in [1.807, 2.05) is 0 Å². The Labute approximate surface area is 97.2 Å². The minimum Gasteiger partial charge on any atom is -0.481 e. The minimum absolute atomic E-state index is 0.0644. The number of amides is 1. The fourth-order valence-corrected chi connectivity index (χ4v) is 1.37. The summed E-state index contributed by atoms with van der Waals surface area (Å²) < 4.78 is 0. The molecule has 86 valence electrons. The monoisotopic (exact) mass is 242 g/mol. The Kier molecular flexibility index (Phi) is 4.13. The van der Waals surface area contributed by atoms with Gasteiger partial charge in [-0.2, -0.15) is 0 Å². The van der Waals surface area contributed by atoms with Crippen molar-refractivity contribution in [3.05, 3.63) is 28.8 Å².